The number of nitrogens with zero attached hydrogens (tertiary/aromatic N) is 3. The summed E-state index contributed by atoms with van der Waals surface area (Å²) in [6.45, 7) is 5.68. The van der Waals surface area contributed by atoms with Crippen LogP contribution in [0.5, 0.6) is 0 Å². The maximum atomic E-state index is 15.1. The van der Waals surface area contributed by atoms with Crippen LogP contribution < -0.4 is 0 Å². The first-order valence-electron chi connectivity index (χ1n) is 11.3. The van der Waals surface area contributed by atoms with Gasteiger partial charge in [-0.05, 0) is 68.7 Å². The number of halogens is 1. The zero-order valence-corrected chi connectivity index (χ0v) is 18.7. The third kappa shape index (κ3) is 4.29. The number of rotatable bonds is 6. The zero-order chi connectivity index (χ0) is 22.8. The molecule has 0 spiro atoms. The van der Waals surface area contributed by atoms with E-state index in [-0.39, 0.29) is 29.4 Å². The minimum absolute atomic E-state index is 0.0477. The monoisotopic (exact) mass is 437 g/mol. The molecule has 1 aromatic carbocycles. The first-order valence-corrected chi connectivity index (χ1v) is 11.3. The standard InChI is InChI=1S/C25H28FN3O3/c1-4-19-13-22(15(3)30)27-24-14-23(28-29(19)24)20-11-10-18(12-21(20)26)16-6-8-17(9-7-16)25(31)32-5-2/h10-14,16-17H,4-9H2,1-3H3. The van der Waals surface area contributed by atoms with Crippen molar-refractivity contribution in [2.75, 3.05) is 6.61 Å². The van der Waals surface area contributed by atoms with Gasteiger partial charge in [-0.3, -0.25) is 9.59 Å². The average molecular weight is 438 g/mol. The van der Waals surface area contributed by atoms with Crippen LogP contribution in [-0.2, 0) is 16.0 Å². The topological polar surface area (TPSA) is 73.6 Å². The second kappa shape index (κ2) is 9.18. The molecule has 0 saturated heterocycles. The third-order valence-corrected chi connectivity index (χ3v) is 6.31. The van der Waals surface area contributed by atoms with E-state index in [9.17, 15) is 9.59 Å². The highest BCUT2D eigenvalue weighted by Crippen LogP contribution is 2.37. The van der Waals surface area contributed by atoms with E-state index in [0.717, 1.165) is 36.9 Å². The van der Waals surface area contributed by atoms with Crippen molar-refractivity contribution in [1.29, 1.82) is 0 Å². The number of ketones is 1. The summed E-state index contributed by atoms with van der Waals surface area (Å²) in [5, 5.41) is 4.56. The van der Waals surface area contributed by atoms with Crippen LogP contribution in [0.2, 0.25) is 0 Å². The molecule has 0 unspecified atom stereocenters. The first-order chi connectivity index (χ1) is 15.4. The Morgan fingerprint density at radius 3 is 2.50 bits per heavy atom. The van der Waals surface area contributed by atoms with Gasteiger partial charge in [0.15, 0.2) is 11.4 Å². The summed E-state index contributed by atoms with van der Waals surface area (Å²) in [4.78, 5) is 28.1. The molecule has 0 bridgehead atoms. The van der Waals surface area contributed by atoms with Gasteiger partial charge >= 0.3 is 5.97 Å². The van der Waals surface area contributed by atoms with E-state index in [1.807, 2.05) is 19.9 Å². The van der Waals surface area contributed by atoms with Gasteiger partial charge in [-0.15, -0.1) is 0 Å². The maximum Gasteiger partial charge on any atom is 0.308 e. The number of hydrogen-bond acceptors (Lipinski definition) is 5. The molecule has 4 rings (SSSR count). The fourth-order valence-electron chi connectivity index (χ4n) is 4.52. The fraction of sp³-hybridized carbons (Fsp3) is 0.440. The van der Waals surface area contributed by atoms with E-state index < -0.39 is 0 Å². The molecule has 168 valence electrons. The molecular formula is C25H28FN3O3. The fourth-order valence-corrected chi connectivity index (χ4v) is 4.52. The Morgan fingerprint density at radius 1 is 1.12 bits per heavy atom. The zero-order valence-electron chi connectivity index (χ0n) is 18.7. The summed E-state index contributed by atoms with van der Waals surface area (Å²) in [7, 11) is 0. The van der Waals surface area contributed by atoms with E-state index in [2.05, 4.69) is 10.1 Å². The van der Waals surface area contributed by atoms with Crippen LogP contribution in [-0.4, -0.2) is 33.0 Å². The molecule has 0 atom stereocenters. The predicted molar refractivity (Wildman–Crippen MR) is 119 cm³/mol. The Labute approximate surface area is 186 Å². The van der Waals surface area contributed by atoms with Gasteiger partial charge in [-0.2, -0.15) is 5.10 Å². The summed E-state index contributed by atoms with van der Waals surface area (Å²) in [6.07, 6.45) is 3.89. The minimum Gasteiger partial charge on any atom is -0.466 e. The summed E-state index contributed by atoms with van der Waals surface area (Å²) in [5.74, 6) is -0.376. The van der Waals surface area contributed by atoms with E-state index >= 15 is 4.39 Å². The van der Waals surface area contributed by atoms with Crippen LogP contribution in [0, 0.1) is 11.7 Å². The van der Waals surface area contributed by atoms with Crippen molar-refractivity contribution in [2.45, 2.75) is 58.8 Å². The van der Waals surface area contributed by atoms with Crippen molar-refractivity contribution in [2.24, 2.45) is 5.92 Å². The molecule has 2 aromatic heterocycles. The summed E-state index contributed by atoms with van der Waals surface area (Å²) in [6, 6.07) is 8.75. The lowest BCUT2D eigenvalue weighted by atomic mass is 9.78. The van der Waals surface area contributed by atoms with Crippen LogP contribution in [0.4, 0.5) is 4.39 Å². The first kappa shape index (κ1) is 22.1. The molecule has 3 aromatic rings. The van der Waals surface area contributed by atoms with Gasteiger partial charge in [0.2, 0.25) is 0 Å². The van der Waals surface area contributed by atoms with Gasteiger partial charge in [0.05, 0.1) is 18.2 Å². The van der Waals surface area contributed by atoms with Gasteiger partial charge < -0.3 is 4.74 Å². The number of Topliss-reactive ketones (excluding diaryl/α,β-unsaturated/α-hetero) is 1. The van der Waals surface area contributed by atoms with Crippen LogP contribution in [0.15, 0.2) is 30.3 Å². The van der Waals surface area contributed by atoms with E-state index in [4.69, 9.17) is 4.74 Å². The largest absolute Gasteiger partial charge is 0.466 e. The van der Waals surface area contributed by atoms with Crippen molar-refractivity contribution in [1.82, 2.24) is 14.6 Å². The number of carbonyl (C=O) groups is 2. The van der Waals surface area contributed by atoms with E-state index in [1.54, 1.807) is 28.8 Å². The summed E-state index contributed by atoms with van der Waals surface area (Å²) >= 11 is 0. The molecule has 32 heavy (non-hydrogen) atoms. The SMILES string of the molecule is CCOC(=O)C1CCC(c2ccc(-c3cc4nc(C(C)=O)cc(CC)n4n3)c(F)c2)CC1. The Hall–Kier alpha value is -3.09. The van der Waals surface area contributed by atoms with Gasteiger partial charge in [0.1, 0.15) is 11.5 Å². The molecule has 1 aliphatic rings. The lowest BCUT2D eigenvalue weighted by molar-refractivity contribution is -0.149. The van der Waals surface area contributed by atoms with Crippen molar-refractivity contribution >= 4 is 17.4 Å². The summed E-state index contributed by atoms with van der Waals surface area (Å²) in [5.41, 5.74) is 3.61. The molecule has 0 N–H and O–H groups in total. The molecule has 1 saturated carbocycles. The molecular weight excluding hydrogens is 409 g/mol. The number of esters is 1. The van der Waals surface area contributed by atoms with Gasteiger partial charge in [0, 0.05) is 24.2 Å². The maximum absolute atomic E-state index is 15.1. The minimum atomic E-state index is -0.330. The third-order valence-electron chi connectivity index (χ3n) is 6.31. The number of benzene rings is 1. The predicted octanol–water partition coefficient (Wildman–Crippen LogP) is 5.14. The van der Waals surface area contributed by atoms with Gasteiger partial charge in [-0.25, -0.2) is 13.9 Å². The highest BCUT2D eigenvalue weighted by molar-refractivity contribution is 5.92. The highest BCUT2D eigenvalue weighted by atomic mass is 19.1. The Bertz CT molecular complexity index is 1160. The number of fused-ring (bicyclic) bond motifs is 1. The average Bonchev–Trinajstić information content (AvgIpc) is 3.22. The normalized spacial score (nSPS) is 18.6. The van der Waals surface area contributed by atoms with E-state index in [1.165, 1.54) is 6.92 Å². The number of hydrogen-bond donors (Lipinski definition) is 0. The number of aryl methyl sites for hydroxylation is 1. The summed E-state index contributed by atoms with van der Waals surface area (Å²) < 4.78 is 21.9. The van der Waals surface area contributed by atoms with Crippen molar-refractivity contribution in [3.05, 3.63) is 53.1 Å². The molecule has 1 aliphatic carbocycles. The van der Waals surface area contributed by atoms with Crippen molar-refractivity contribution in [3.63, 3.8) is 0 Å². The second-order valence-electron chi connectivity index (χ2n) is 8.38. The van der Waals surface area contributed by atoms with Crippen LogP contribution >= 0.6 is 0 Å². The molecule has 1 fully saturated rings. The molecule has 0 aliphatic heterocycles. The molecule has 6 nitrogen and oxygen atoms in total. The van der Waals surface area contributed by atoms with Gasteiger partial charge in [0.25, 0.3) is 0 Å². The second-order valence-corrected chi connectivity index (χ2v) is 8.38. The Morgan fingerprint density at radius 2 is 1.88 bits per heavy atom. The molecule has 7 heteroatoms. The van der Waals surface area contributed by atoms with Crippen LogP contribution in [0.3, 0.4) is 0 Å². The lowest BCUT2D eigenvalue weighted by Gasteiger charge is -2.27. The smallest absolute Gasteiger partial charge is 0.308 e. The van der Waals surface area contributed by atoms with Crippen molar-refractivity contribution in [3.8, 4) is 11.3 Å². The molecule has 2 heterocycles. The number of carbonyl (C=O) groups excluding carboxylic acids is 2. The van der Waals surface area contributed by atoms with Crippen LogP contribution in [0.25, 0.3) is 16.9 Å². The number of ether oxygens (including phenoxy) is 1. The Kier molecular flexibility index (Phi) is 6.35. The quantitative estimate of drug-likeness (QED) is 0.394. The van der Waals surface area contributed by atoms with Crippen molar-refractivity contribution < 1.29 is 18.7 Å². The molecule has 0 amide bonds. The van der Waals surface area contributed by atoms with E-state index in [0.29, 0.717) is 35.6 Å². The number of aromatic nitrogens is 3. The highest BCUT2D eigenvalue weighted by Gasteiger charge is 2.28. The van der Waals surface area contributed by atoms with Crippen LogP contribution in [0.1, 0.15) is 74.1 Å². The van der Waals surface area contributed by atoms with Gasteiger partial charge in [-0.1, -0.05) is 13.0 Å². The Balaban J connectivity index is 1.57. The lowest BCUT2D eigenvalue weighted by Crippen LogP contribution is -2.23. The molecule has 0 radical (unpaired) electrons.